The van der Waals surface area contributed by atoms with Crippen molar-refractivity contribution in [3.63, 3.8) is 0 Å². The van der Waals surface area contributed by atoms with E-state index in [0.29, 0.717) is 16.1 Å². The van der Waals surface area contributed by atoms with E-state index in [4.69, 9.17) is 9.15 Å². The lowest BCUT2D eigenvalue weighted by molar-refractivity contribution is 0.0529. The highest BCUT2D eigenvalue weighted by Gasteiger charge is 2.25. The van der Waals surface area contributed by atoms with Gasteiger partial charge in [0.25, 0.3) is 5.91 Å². The van der Waals surface area contributed by atoms with E-state index in [1.165, 1.54) is 11.3 Å². The molecule has 0 saturated carbocycles. The Morgan fingerprint density at radius 3 is 2.41 bits per heavy atom. The molecule has 32 heavy (non-hydrogen) atoms. The number of aryl methyl sites for hydroxylation is 4. The van der Waals surface area contributed by atoms with Gasteiger partial charge in [-0.05, 0) is 63.4 Å². The Labute approximate surface area is 191 Å². The second-order valence-electron chi connectivity index (χ2n) is 7.88. The van der Waals surface area contributed by atoms with Crippen LogP contribution in [0.1, 0.15) is 50.1 Å². The number of amides is 1. The molecule has 4 rings (SSSR count). The summed E-state index contributed by atoms with van der Waals surface area (Å²) in [5, 5.41) is 6.10. The van der Waals surface area contributed by atoms with E-state index in [1.54, 1.807) is 6.92 Å². The van der Waals surface area contributed by atoms with Crippen LogP contribution in [0, 0.1) is 27.7 Å². The van der Waals surface area contributed by atoms with Crippen LogP contribution in [-0.4, -0.2) is 18.5 Å². The third-order valence-electron chi connectivity index (χ3n) is 5.62. The zero-order valence-corrected chi connectivity index (χ0v) is 19.6. The fraction of sp³-hybridized carbons (Fsp3) is 0.231. The SMILES string of the molecule is CCOC(=O)c1c(-c2ccc(C)cc2)csc1NC(=O)c1oc2cc(C)c(C)cc2c1C. The summed E-state index contributed by atoms with van der Waals surface area (Å²) in [6.07, 6.45) is 0. The molecule has 164 valence electrons. The normalized spacial score (nSPS) is 11.0. The summed E-state index contributed by atoms with van der Waals surface area (Å²) >= 11 is 1.30. The lowest BCUT2D eigenvalue weighted by Gasteiger charge is -2.08. The van der Waals surface area contributed by atoms with Gasteiger partial charge in [-0.1, -0.05) is 29.8 Å². The summed E-state index contributed by atoms with van der Waals surface area (Å²) in [6, 6.07) is 11.9. The summed E-state index contributed by atoms with van der Waals surface area (Å²) in [4.78, 5) is 25.9. The Morgan fingerprint density at radius 1 is 1.03 bits per heavy atom. The molecule has 1 amide bonds. The van der Waals surface area contributed by atoms with Gasteiger partial charge in [0.15, 0.2) is 5.76 Å². The summed E-state index contributed by atoms with van der Waals surface area (Å²) in [5.74, 6) is -0.617. The molecule has 1 N–H and O–H groups in total. The van der Waals surface area contributed by atoms with Crippen LogP contribution >= 0.6 is 11.3 Å². The maximum Gasteiger partial charge on any atom is 0.341 e. The number of fused-ring (bicyclic) bond motifs is 1. The number of ether oxygens (including phenoxy) is 1. The highest BCUT2D eigenvalue weighted by atomic mass is 32.1. The average molecular weight is 448 g/mol. The van der Waals surface area contributed by atoms with Crippen LogP contribution in [0.5, 0.6) is 0 Å². The van der Waals surface area contributed by atoms with E-state index < -0.39 is 11.9 Å². The van der Waals surface area contributed by atoms with Crippen molar-refractivity contribution in [2.24, 2.45) is 0 Å². The molecule has 0 aliphatic heterocycles. The summed E-state index contributed by atoms with van der Waals surface area (Å²) < 4.78 is 11.2. The number of carbonyl (C=O) groups excluding carboxylic acids is 2. The summed E-state index contributed by atoms with van der Waals surface area (Å²) in [5.41, 5.74) is 6.79. The van der Waals surface area contributed by atoms with E-state index in [-0.39, 0.29) is 12.4 Å². The minimum atomic E-state index is -0.466. The van der Waals surface area contributed by atoms with Crippen LogP contribution in [0.15, 0.2) is 46.2 Å². The minimum Gasteiger partial charge on any atom is -0.462 e. The van der Waals surface area contributed by atoms with E-state index in [2.05, 4.69) is 5.32 Å². The second kappa shape index (κ2) is 8.63. The van der Waals surface area contributed by atoms with Gasteiger partial charge in [0.1, 0.15) is 16.1 Å². The first-order chi connectivity index (χ1) is 15.3. The number of esters is 1. The van der Waals surface area contributed by atoms with Gasteiger partial charge < -0.3 is 14.5 Å². The van der Waals surface area contributed by atoms with E-state index in [0.717, 1.165) is 38.8 Å². The van der Waals surface area contributed by atoms with Crippen LogP contribution in [0.4, 0.5) is 5.00 Å². The summed E-state index contributed by atoms with van der Waals surface area (Å²) in [6.45, 7) is 9.93. The van der Waals surface area contributed by atoms with Gasteiger partial charge in [-0.2, -0.15) is 0 Å². The summed E-state index contributed by atoms with van der Waals surface area (Å²) in [7, 11) is 0. The Morgan fingerprint density at radius 2 is 1.72 bits per heavy atom. The number of rotatable bonds is 5. The number of furan rings is 1. The Hall–Kier alpha value is -3.38. The van der Waals surface area contributed by atoms with E-state index in [1.807, 2.05) is 69.5 Å². The van der Waals surface area contributed by atoms with Crippen molar-refractivity contribution in [1.82, 2.24) is 0 Å². The predicted molar refractivity (Wildman–Crippen MR) is 129 cm³/mol. The smallest absolute Gasteiger partial charge is 0.341 e. The van der Waals surface area contributed by atoms with Gasteiger partial charge >= 0.3 is 5.97 Å². The lowest BCUT2D eigenvalue weighted by atomic mass is 10.0. The molecule has 2 aromatic carbocycles. The van der Waals surface area contributed by atoms with Crippen LogP contribution in [0.25, 0.3) is 22.1 Å². The van der Waals surface area contributed by atoms with Crippen molar-refractivity contribution in [1.29, 1.82) is 0 Å². The fourth-order valence-corrected chi connectivity index (χ4v) is 4.61. The number of anilines is 1. The van der Waals surface area contributed by atoms with Crippen molar-refractivity contribution < 1.29 is 18.7 Å². The molecule has 0 bridgehead atoms. The molecular weight excluding hydrogens is 422 g/mol. The van der Waals surface area contributed by atoms with Gasteiger partial charge in [-0.3, -0.25) is 4.79 Å². The molecule has 0 atom stereocenters. The van der Waals surface area contributed by atoms with E-state index >= 15 is 0 Å². The number of thiophene rings is 1. The fourth-order valence-electron chi connectivity index (χ4n) is 3.65. The maximum atomic E-state index is 13.1. The molecule has 0 saturated heterocycles. The maximum absolute atomic E-state index is 13.1. The number of hydrogen-bond acceptors (Lipinski definition) is 5. The number of benzene rings is 2. The molecule has 0 aliphatic carbocycles. The Bertz CT molecular complexity index is 1330. The third kappa shape index (κ3) is 3.94. The first-order valence-electron chi connectivity index (χ1n) is 10.5. The average Bonchev–Trinajstić information content (AvgIpc) is 3.31. The van der Waals surface area contributed by atoms with Gasteiger partial charge in [0.05, 0.1) is 6.61 Å². The van der Waals surface area contributed by atoms with Gasteiger partial charge in [0, 0.05) is 21.9 Å². The van der Waals surface area contributed by atoms with Crippen molar-refractivity contribution >= 4 is 39.2 Å². The molecule has 0 radical (unpaired) electrons. The molecule has 2 heterocycles. The first kappa shape index (κ1) is 21.8. The highest BCUT2D eigenvalue weighted by Crippen LogP contribution is 2.37. The largest absolute Gasteiger partial charge is 0.462 e. The Kier molecular flexibility index (Phi) is 5.89. The van der Waals surface area contributed by atoms with Gasteiger partial charge in [0.2, 0.25) is 0 Å². The van der Waals surface area contributed by atoms with Crippen molar-refractivity contribution in [3.8, 4) is 11.1 Å². The highest BCUT2D eigenvalue weighted by molar-refractivity contribution is 7.15. The van der Waals surface area contributed by atoms with Crippen molar-refractivity contribution in [2.75, 3.05) is 11.9 Å². The Balaban J connectivity index is 1.73. The van der Waals surface area contributed by atoms with Crippen molar-refractivity contribution in [3.05, 3.63) is 75.4 Å². The zero-order valence-electron chi connectivity index (χ0n) is 18.8. The van der Waals surface area contributed by atoms with Crippen LogP contribution < -0.4 is 5.32 Å². The molecular formula is C26H25NO4S. The first-order valence-corrected chi connectivity index (χ1v) is 11.4. The lowest BCUT2D eigenvalue weighted by Crippen LogP contribution is -2.15. The second-order valence-corrected chi connectivity index (χ2v) is 8.76. The predicted octanol–water partition coefficient (Wildman–Crippen LogP) is 6.82. The number of hydrogen-bond donors (Lipinski definition) is 1. The molecule has 0 aliphatic rings. The topological polar surface area (TPSA) is 68.5 Å². The van der Waals surface area contributed by atoms with Crippen molar-refractivity contribution in [2.45, 2.75) is 34.6 Å². The van der Waals surface area contributed by atoms with E-state index in [9.17, 15) is 9.59 Å². The molecule has 6 heteroatoms. The molecule has 0 fully saturated rings. The zero-order chi connectivity index (χ0) is 23.0. The van der Waals surface area contributed by atoms with Gasteiger partial charge in [-0.15, -0.1) is 11.3 Å². The quantitative estimate of drug-likeness (QED) is 0.341. The van der Waals surface area contributed by atoms with Crippen LogP contribution in [0.3, 0.4) is 0 Å². The number of nitrogens with one attached hydrogen (secondary N) is 1. The van der Waals surface area contributed by atoms with Gasteiger partial charge in [-0.25, -0.2) is 4.79 Å². The molecule has 5 nitrogen and oxygen atoms in total. The standard InChI is InChI=1S/C26H25NO4S/c1-6-30-26(29)22-20(18-9-7-14(2)8-10-18)13-32-25(22)27-24(28)23-17(5)19-11-15(3)16(4)12-21(19)31-23/h7-13H,6H2,1-5H3,(H,27,28). The molecule has 2 aromatic heterocycles. The molecule has 4 aromatic rings. The number of carbonyl (C=O) groups is 2. The van der Waals surface area contributed by atoms with Crippen LogP contribution in [0.2, 0.25) is 0 Å². The van der Waals surface area contributed by atoms with Crippen LogP contribution in [-0.2, 0) is 4.74 Å². The molecule has 0 unspecified atom stereocenters. The third-order valence-corrected chi connectivity index (χ3v) is 6.51. The molecule has 0 spiro atoms. The minimum absolute atomic E-state index is 0.241. The monoisotopic (exact) mass is 447 g/mol.